The number of carbonyl (C=O) groups is 2. The highest BCUT2D eigenvalue weighted by molar-refractivity contribution is 7.16. The van der Waals surface area contributed by atoms with Crippen molar-refractivity contribution in [1.29, 1.82) is 0 Å². The third-order valence-corrected chi connectivity index (χ3v) is 4.40. The molecule has 0 N–H and O–H groups in total. The summed E-state index contributed by atoms with van der Waals surface area (Å²) >= 11 is 7.27. The van der Waals surface area contributed by atoms with Crippen molar-refractivity contribution in [2.75, 3.05) is 20.3 Å². The van der Waals surface area contributed by atoms with Crippen molar-refractivity contribution >= 4 is 34.8 Å². The summed E-state index contributed by atoms with van der Waals surface area (Å²) < 4.78 is 11.1. The van der Waals surface area contributed by atoms with Crippen molar-refractivity contribution in [3.8, 4) is 0 Å². The van der Waals surface area contributed by atoms with Crippen LogP contribution in [-0.2, 0) is 25.6 Å². The molecule has 1 aromatic heterocycles. The van der Waals surface area contributed by atoms with E-state index in [1.807, 2.05) is 6.07 Å². The van der Waals surface area contributed by atoms with Gasteiger partial charge in [-0.1, -0.05) is 25.4 Å². The average molecular weight is 362 g/mol. The molecule has 0 spiro atoms. The van der Waals surface area contributed by atoms with Gasteiger partial charge in [-0.05, 0) is 31.4 Å². The summed E-state index contributed by atoms with van der Waals surface area (Å²) in [4.78, 5) is 26.2. The van der Waals surface area contributed by atoms with Crippen LogP contribution in [0.25, 0.3) is 0 Å². The van der Waals surface area contributed by atoms with Gasteiger partial charge in [-0.3, -0.25) is 4.79 Å². The third-order valence-electron chi connectivity index (χ3n) is 3.18. The number of likely N-dealkylation sites (N-methyl/N-ethyl adjacent to an activating group) is 1. The number of carbonyl (C=O) groups excluding carboxylic acids is 2. The molecule has 7 heteroatoms. The summed E-state index contributed by atoms with van der Waals surface area (Å²) in [5.74, 6) is -0.272. The smallest absolute Gasteiger partial charge is 0.335 e. The standard InChI is InChI=1S/C16H24ClNO4S/c1-11(2)7-8-21-12(3)16(20)22-10-15(19)18(4)9-13-5-6-14(17)23-13/h5-6,11-12H,7-10H2,1-4H3. The van der Waals surface area contributed by atoms with Crippen molar-refractivity contribution in [3.05, 3.63) is 21.3 Å². The van der Waals surface area contributed by atoms with Gasteiger partial charge >= 0.3 is 5.97 Å². The minimum absolute atomic E-state index is 0.266. The Hall–Kier alpha value is -1.11. The highest BCUT2D eigenvalue weighted by Crippen LogP contribution is 2.22. The van der Waals surface area contributed by atoms with Gasteiger partial charge in [0.15, 0.2) is 12.7 Å². The van der Waals surface area contributed by atoms with Crippen molar-refractivity contribution in [2.45, 2.75) is 39.8 Å². The number of hydrogen-bond acceptors (Lipinski definition) is 5. The third kappa shape index (κ3) is 7.81. The first-order chi connectivity index (χ1) is 10.8. The molecular weight excluding hydrogens is 338 g/mol. The molecule has 0 saturated heterocycles. The summed E-state index contributed by atoms with van der Waals surface area (Å²) in [5, 5.41) is 0. The molecule has 23 heavy (non-hydrogen) atoms. The number of amides is 1. The molecule has 5 nitrogen and oxygen atoms in total. The molecule has 1 amide bonds. The maximum Gasteiger partial charge on any atom is 0.335 e. The number of halogens is 1. The van der Waals surface area contributed by atoms with Gasteiger partial charge in [-0.25, -0.2) is 4.79 Å². The van der Waals surface area contributed by atoms with E-state index in [1.165, 1.54) is 16.2 Å². The van der Waals surface area contributed by atoms with Crippen molar-refractivity contribution in [3.63, 3.8) is 0 Å². The number of ether oxygens (including phenoxy) is 2. The Morgan fingerprint density at radius 3 is 2.57 bits per heavy atom. The van der Waals surface area contributed by atoms with E-state index in [9.17, 15) is 9.59 Å². The van der Waals surface area contributed by atoms with E-state index in [1.54, 1.807) is 20.0 Å². The highest BCUT2D eigenvalue weighted by Gasteiger charge is 2.18. The van der Waals surface area contributed by atoms with Gasteiger partial charge in [0, 0.05) is 18.5 Å². The molecule has 0 aliphatic heterocycles. The summed E-state index contributed by atoms with van der Waals surface area (Å²) in [6.45, 7) is 6.45. The lowest BCUT2D eigenvalue weighted by Gasteiger charge is -2.17. The van der Waals surface area contributed by atoms with Crippen molar-refractivity contribution < 1.29 is 19.1 Å². The molecule has 1 aromatic rings. The summed E-state index contributed by atoms with van der Waals surface area (Å²) in [5.41, 5.74) is 0. The first kappa shape index (κ1) is 19.9. The second-order valence-electron chi connectivity index (χ2n) is 5.76. The second-order valence-corrected chi connectivity index (χ2v) is 7.56. The summed E-state index contributed by atoms with van der Waals surface area (Å²) in [6, 6.07) is 3.66. The summed E-state index contributed by atoms with van der Waals surface area (Å²) in [7, 11) is 1.66. The fraction of sp³-hybridized carbons (Fsp3) is 0.625. The Morgan fingerprint density at radius 2 is 2.00 bits per heavy atom. The fourth-order valence-electron chi connectivity index (χ4n) is 1.67. The van der Waals surface area contributed by atoms with Gasteiger partial charge in [-0.2, -0.15) is 0 Å². The molecule has 1 rings (SSSR count). The normalized spacial score (nSPS) is 12.3. The van der Waals surface area contributed by atoms with E-state index >= 15 is 0 Å². The predicted molar refractivity (Wildman–Crippen MR) is 91.6 cm³/mol. The van der Waals surface area contributed by atoms with E-state index in [-0.39, 0.29) is 12.5 Å². The van der Waals surface area contributed by atoms with E-state index in [0.717, 1.165) is 11.3 Å². The first-order valence-electron chi connectivity index (χ1n) is 7.56. The maximum atomic E-state index is 12.0. The molecule has 0 aromatic carbocycles. The van der Waals surface area contributed by atoms with E-state index in [4.69, 9.17) is 21.1 Å². The van der Waals surface area contributed by atoms with Crippen LogP contribution in [0.15, 0.2) is 12.1 Å². The monoisotopic (exact) mass is 361 g/mol. The lowest BCUT2D eigenvalue weighted by atomic mass is 10.1. The van der Waals surface area contributed by atoms with E-state index in [2.05, 4.69) is 13.8 Å². The van der Waals surface area contributed by atoms with Gasteiger partial charge in [-0.15, -0.1) is 11.3 Å². The minimum atomic E-state index is -0.664. The van der Waals surface area contributed by atoms with Crippen LogP contribution >= 0.6 is 22.9 Å². The number of hydrogen-bond donors (Lipinski definition) is 0. The molecule has 0 aliphatic rings. The van der Waals surface area contributed by atoms with Gasteiger partial charge in [0.25, 0.3) is 5.91 Å². The molecule has 0 fully saturated rings. The maximum absolute atomic E-state index is 12.0. The Kier molecular flexibility index (Phi) is 8.58. The molecule has 0 saturated carbocycles. The lowest BCUT2D eigenvalue weighted by Crippen LogP contribution is -2.33. The fourth-order valence-corrected chi connectivity index (χ4v) is 2.81. The number of nitrogens with zero attached hydrogens (tertiary/aromatic N) is 1. The van der Waals surface area contributed by atoms with E-state index in [0.29, 0.717) is 23.4 Å². The molecule has 0 aliphatic carbocycles. The van der Waals surface area contributed by atoms with Crippen LogP contribution in [0, 0.1) is 5.92 Å². The van der Waals surface area contributed by atoms with Crippen LogP contribution in [0.4, 0.5) is 0 Å². The largest absolute Gasteiger partial charge is 0.454 e. The topological polar surface area (TPSA) is 55.8 Å². The zero-order valence-corrected chi connectivity index (χ0v) is 15.6. The molecule has 0 bridgehead atoms. The van der Waals surface area contributed by atoms with Gasteiger partial charge in [0.2, 0.25) is 0 Å². The molecule has 130 valence electrons. The molecule has 1 heterocycles. The van der Waals surface area contributed by atoms with Crippen molar-refractivity contribution in [1.82, 2.24) is 4.90 Å². The van der Waals surface area contributed by atoms with Gasteiger partial charge in [0.1, 0.15) is 0 Å². The van der Waals surface area contributed by atoms with Crippen LogP contribution in [0.3, 0.4) is 0 Å². The Bertz CT molecular complexity index is 518. The highest BCUT2D eigenvalue weighted by atomic mass is 35.5. The molecule has 1 unspecified atom stereocenters. The Labute approximate surface area is 146 Å². The van der Waals surface area contributed by atoms with Crippen LogP contribution in [-0.4, -0.2) is 43.1 Å². The SMILES string of the molecule is CC(C)CCOC(C)C(=O)OCC(=O)N(C)Cc1ccc(Cl)s1. The lowest BCUT2D eigenvalue weighted by molar-refractivity contribution is -0.161. The van der Waals surface area contributed by atoms with Gasteiger partial charge in [0.05, 0.1) is 10.9 Å². The quantitative estimate of drug-likeness (QED) is 0.633. The van der Waals surface area contributed by atoms with Crippen LogP contribution in [0.5, 0.6) is 0 Å². The predicted octanol–water partition coefficient (Wildman–Crippen LogP) is 3.35. The number of esters is 1. The second kappa shape index (κ2) is 9.90. The molecular formula is C16H24ClNO4S. The summed E-state index contributed by atoms with van der Waals surface area (Å²) in [6.07, 6.45) is 0.214. The minimum Gasteiger partial charge on any atom is -0.454 e. The molecule has 1 atom stereocenters. The van der Waals surface area contributed by atoms with Crippen molar-refractivity contribution in [2.24, 2.45) is 5.92 Å². The molecule has 0 radical (unpaired) electrons. The van der Waals surface area contributed by atoms with E-state index < -0.39 is 12.1 Å². The van der Waals surface area contributed by atoms with Crippen LogP contribution < -0.4 is 0 Å². The van der Waals surface area contributed by atoms with Gasteiger partial charge < -0.3 is 14.4 Å². The van der Waals surface area contributed by atoms with Crippen LogP contribution in [0.2, 0.25) is 4.34 Å². The Morgan fingerprint density at radius 1 is 1.30 bits per heavy atom. The number of rotatable bonds is 9. The number of thiophene rings is 1. The zero-order valence-electron chi connectivity index (χ0n) is 14.0. The van der Waals surface area contributed by atoms with Crippen LogP contribution in [0.1, 0.15) is 32.1 Å². The zero-order chi connectivity index (χ0) is 17.4. The first-order valence-corrected chi connectivity index (χ1v) is 8.75. The Balaban J connectivity index is 2.29. The average Bonchev–Trinajstić information content (AvgIpc) is 2.88.